The van der Waals surface area contributed by atoms with E-state index in [1.54, 1.807) is 0 Å². The van der Waals surface area contributed by atoms with Crippen molar-refractivity contribution in [1.29, 1.82) is 0 Å². The molecule has 0 radical (unpaired) electrons. The molecule has 5 heteroatoms. The summed E-state index contributed by atoms with van der Waals surface area (Å²) in [6.07, 6.45) is 0.474. The van der Waals surface area contributed by atoms with Crippen molar-refractivity contribution >= 4 is 23.6 Å². The van der Waals surface area contributed by atoms with Crippen LogP contribution in [0.4, 0.5) is 0 Å². The predicted octanol–water partition coefficient (Wildman–Crippen LogP) is -0.0527. The van der Waals surface area contributed by atoms with Gasteiger partial charge in [-0.1, -0.05) is 0 Å². The Balaban J connectivity index is 2.95. The monoisotopic (exact) mass is 173 g/mol. The molecule has 0 fully saturated rings. The van der Waals surface area contributed by atoms with Crippen molar-refractivity contribution in [3.8, 4) is 0 Å². The quantitative estimate of drug-likeness (QED) is 0.613. The lowest BCUT2D eigenvalue weighted by Crippen LogP contribution is -2.15. The van der Waals surface area contributed by atoms with Crippen molar-refractivity contribution in [2.24, 2.45) is 5.73 Å². The fraction of sp³-hybridized carbons (Fsp3) is 0.333. The van der Waals surface area contributed by atoms with Gasteiger partial charge >= 0.3 is 5.97 Å². The van der Waals surface area contributed by atoms with Crippen LogP contribution in [0.25, 0.3) is 0 Å². The molecular formula is C6H7NO3S. The maximum absolute atomic E-state index is 10.6. The summed E-state index contributed by atoms with van der Waals surface area (Å²) in [6, 6.07) is 0. The Hall–Kier alpha value is -0.970. The molecule has 0 aromatic carbocycles. The van der Waals surface area contributed by atoms with Crippen LogP contribution < -0.4 is 5.73 Å². The fourth-order valence-corrected chi connectivity index (χ4v) is 1.89. The zero-order chi connectivity index (χ0) is 8.43. The number of rotatable bonds is 2. The third-order valence-corrected chi connectivity index (χ3v) is 2.48. The summed E-state index contributed by atoms with van der Waals surface area (Å²) in [5, 5.41) is 8.55. The summed E-state index contributed by atoms with van der Waals surface area (Å²) in [4.78, 5) is 21.1. The Bertz CT molecular complexity index is 222. The molecule has 1 aliphatic rings. The van der Waals surface area contributed by atoms with Crippen molar-refractivity contribution in [2.75, 3.05) is 5.75 Å². The summed E-state index contributed by atoms with van der Waals surface area (Å²) in [7, 11) is 0. The second kappa shape index (κ2) is 2.96. The van der Waals surface area contributed by atoms with E-state index in [-0.39, 0.29) is 10.5 Å². The Morgan fingerprint density at radius 1 is 1.55 bits per heavy atom. The molecule has 0 aromatic heterocycles. The number of carboxylic acids is 1. The third kappa shape index (κ3) is 1.54. The number of nitrogens with two attached hydrogens (primary N) is 1. The smallest absolute Gasteiger partial charge is 0.342 e. The highest BCUT2D eigenvalue weighted by atomic mass is 32.2. The molecule has 0 unspecified atom stereocenters. The lowest BCUT2D eigenvalue weighted by atomic mass is 10.2. The van der Waals surface area contributed by atoms with Crippen LogP contribution in [0.5, 0.6) is 0 Å². The normalized spacial score (nSPS) is 17.1. The topological polar surface area (TPSA) is 80.4 Å². The Kier molecular flexibility index (Phi) is 2.19. The van der Waals surface area contributed by atoms with Gasteiger partial charge in [-0.25, -0.2) is 4.79 Å². The van der Waals surface area contributed by atoms with Crippen molar-refractivity contribution in [3.05, 3.63) is 10.5 Å². The van der Waals surface area contributed by atoms with Gasteiger partial charge in [0.05, 0.1) is 0 Å². The van der Waals surface area contributed by atoms with Gasteiger partial charge in [0.2, 0.25) is 5.91 Å². The standard InChI is InChI=1S/C6H7NO3S/c7-5(8)3-1-2-11-4(3)6(9)10/h1-2H2,(H2,7,8)(H,9,10). The highest BCUT2D eigenvalue weighted by Gasteiger charge is 2.24. The van der Waals surface area contributed by atoms with Crippen LogP contribution in [0, 0.1) is 0 Å². The number of primary amides is 1. The average molecular weight is 173 g/mol. The third-order valence-electron chi connectivity index (χ3n) is 1.36. The number of carboxylic acid groups (broad SMARTS) is 1. The van der Waals surface area contributed by atoms with Gasteiger partial charge in [0.1, 0.15) is 4.91 Å². The lowest BCUT2D eigenvalue weighted by molar-refractivity contribution is -0.132. The minimum absolute atomic E-state index is 0.109. The molecule has 0 bridgehead atoms. The molecule has 1 aliphatic heterocycles. The fourth-order valence-electron chi connectivity index (χ4n) is 0.882. The molecule has 11 heavy (non-hydrogen) atoms. The largest absolute Gasteiger partial charge is 0.477 e. The van der Waals surface area contributed by atoms with Gasteiger partial charge in [-0.05, 0) is 6.42 Å². The second-order valence-electron chi connectivity index (χ2n) is 2.08. The van der Waals surface area contributed by atoms with Crippen LogP contribution in [-0.4, -0.2) is 22.7 Å². The first-order valence-electron chi connectivity index (χ1n) is 3.02. The maximum atomic E-state index is 10.6. The molecule has 0 saturated carbocycles. The van der Waals surface area contributed by atoms with Crippen molar-refractivity contribution < 1.29 is 14.7 Å². The number of amides is 1. The first-order chi connectivity index (χ1) is 5.13. The van der Waals surface area contributed by atoms with E-state index in [2.05, 4.69) is 0 Å². The zero-order valence-corrected chi connectivity index (χ0v) is 6.48. The predicted molar refractivity (Wildman–Crippen MR) is 40.9 cm³/mol. The van der Waals surface area contributed by atoms with Gasteiger partial charge in [-0.2, -0.15) is 0 Å². The van der Waals surface area contributed by atoms with Crippen LogP contribution in [0.1, 0.15) is 6.42 Å². The van der Waals surface area contributed by atoms with E-state index < -0.39 is 11.9 Å². The molecular weight excluding hydrogens is 166 g/mol. The van der Waals surface area contributed by atoms with E-state index in [4.69, 9.17) is 10.8 Å². The number of thioether (sulfide) groups is 1. The van der Waals surface area contributed by atoms with Crippen LogP contribution in [0.2, 0.25) is 0 Å². The Morgan fingerprint density at radius 2 is 2.18 bits per heavy atom. The van der Waals surface area contributed by atoms with Gasteiger partial charge in [-0.15, -0.1) is 11.8 Å². The molecule has 0 saturated heterocycles. The number of aliphatic carboxylic acids is 1. The molecule has 0 aromatic rings. The van der Waals surface area contributed by atoms with Gasteiger partial charge in [0, 0.05) is 11.3 Å². The van der Waals surface area contributed by atoms with E-state index in [0.717, 1.165) is 0 Å². The highest BCUT2D eigenvalue weighted by Crippen LogP contribution is 2.30. The first-order valence-corrected chi connectivity index (χ1v) is 4.00. The van der Waals surface area contributed by atoms with Gasteiger partial charge < -0.3 is 10.8 Å². The van der Waals surface area contributed by atoms with E-state index in [0.29, 0.717) is 12.2 Å². The number of hydrogen-bond acceptors (Lipinski definition) is 3. The SMILES string of the molecule is NC(=O)C1=C(C(=O)O)SCC1. The molecule has 0 spiro atoms. The van der Waals surface area contributed by atoms with Crippen molar-refractivity contribution in [1.82, 2.24) is 0 Å². The minimum atomic E-state index is -1.05. The molecule has 3 N–H and O–H groups in total. The van der Waals surface area contributed by atoms with E-state index in [1.807, 2.05) is 0 Å². The molecule has 0 aliphatic carbocycles. The molecule has 4 nitrogen and oxygen atoms in total. The molecule has 60 valence electrons. The highest BCUT2D eigenvalue weighted by molar-refractivity contribution is 8.04. The average Bonchev–Trinajstić information content (AvgIpc) is 2.32. The number of carbonyl (C=O) groups excluding carboxylic acids is 1. The molecule has 1 heterocycles. The maximum Gasteiger partial charge on any atom is 0.342 e. The second-order valence-corrected chi connectivity index (χ2v) is 3.18. The lowest BCUT2D eigenvalue weighted by Gasteiger charge is -1.95. The van der Waals surface area contributed by atoms with Crippen LogP contribution in [0.15, 0.2) is 10.5 Å². The van der Waals surface area contributed by atoms with Crippen molar-refractivity contribution in [3.63, 3.8) is 0 Å². The summed E-state index contributed by atoms with van der Waals surface area (Å²) >= 11 is 1.17. The summed E-state index contributed by atoms with van der Waals surface area (Å²) in [5.41, 5.74) is 5.20. The van der Waals surface area contributed by atoms with E-state index in [1.165, 1.54) is 11.8 Å². The van der Waals surface area contributed by atoms with Crippen LogP contribution >= 0.6 is 11.8 Å². The number of carbonyl (C=O) groups is 2. The summed E-state index contributed by atoms with van der Waals surface area (Å²) < 4.78 is 0. The Labute approximate surface area is 67.4 Å². The first kappa shape index (κ1) is 8.13. The minimum Gasteiger partial charge on any atom is -0.477 e. The van der Waals surface area contributed by atoms with Gasteiger partial charge in [0.25, 0.3) is 0 Å². The van der Waals surface area contributed by atoms with Crippen LogP contribution in [-0.2, 0) is 9.59 Å². The van der Waals surface area contributed by atoms with Gasteiger partial charge in [-0.3, -0.25) is 4.79 Å². The van der Waals surface area contributed by atoms with Gasteiger partial charge in [0.15, 0.2) is 0 Å². The van der Waals surface area contributed by atoms with Crippen molar-refractivity contribution in [2.45, 2.75) is 6.42 Å². The van der Waals surface area contributed by atoms with E-state index >= 15 is 0 Å². The van der Waals surface area contributed by atoms with Crippen LogP contribution in [0.3, 0.4) is 0 Å². The number of hydrogen-bond donors (Lipinski definition) is 2. The summed E-state index contributed by atoms with van der Waals surface area (Å²) in [6.45, 7) is 0. The molecule has 1 amide bonds. The molecule has 0 atom stereocenters. The van der Waals surface area contributed by atoms with E-state index in [9.17, 15) is 9.59 Å². The summed E-state index contributed by atoms with van der Waals surface area (Å²) in [5.74, 6) is -1.03. The molecule has 1 rings (SSSR count). The zero-order valence-electron chi connectivity index (χ0n) is 5.66. The Morgan fingerprint density at radius 3 is 2.55 bits per heavy atom.